The maximum absolute atomic E-state index is 13.0. The third-order valence-electron chi connectivity index (χ3n) is 5.51. The summed E-state index contributed by atoms with van der Waals surface area (Å²) < 4.78 is 5.51. The Morgan fingerprint density at radius 2 is 1.73 bits per heavy atom. The van der Waals surface area contributed by atoms with Gasteiger partial charge in [-0.15, -0.1) is 0 Å². The van der Waals surface area contributed by atoms with Crippen LogP contribution in [0.2, 0.25) is 0 Å². The average molecular weight is 309 g/mol. The molecule has 0 saturated carbocycles. The Bertz CT molecular complexity index is 440. The molecule has 0 N–H and O–H groups in total. The molecule has 6 heteroatoms. The average Bonchev–Trinajstić information content (AvgIpc) is 3.15. The Labute approximate surface area is 132 Å². The zero-order chi connectivity index (χ0) is 15.7. The fourth-order valence-corrected chi connectivity index (χ4v) is 4.18. The van der Waals surface area contributed by atoms with E-state index in [9.17, 15) is 9.59 Å². The van der Waals surface area contributed by atoms with E-state index in [1.54, 1.807) is 19.0 Å². The first-order chi connectivity index (χ1) is 10.5. The van der Waals surface area contributed by atoms with Crippen molar-refractivity contribution in [1.82, 2.24) is 14.7 Å². The normalized spacial score (nSPS) is 27.5. The molecule has 3 heterocycles. The lowest BCUT2D eigenvalue weighted by Gasteiger charge is -2.38. The number of amides is 3. The number of likely N-dealkylation sites (tertiary alicyclic amines) is 2. The number of urea groups is 1. The van der Waals surface area contributed by atoms with Gasteiger partial charge in [-0.3, -0.25) is 4.79 Å². The van der Waals surface area contributed by atoms with E-state index in [1.165, 1.54) is 0 Å². The lowest BCUT2D eigenvalue weighted by atomic mass is 9.71. The van der Waals surface area contributed by atoms with E-state index in [-0.39, 0.29) is 23.3 Å². The molecule has 3 fully saturated rings. The molecule has 124 valence electrons. The van der Waals surface area contributed by atoms with Crippen molar-refractivity contribution in [2.75, 3.05) is 53.5 Å². The van der Waals surface area contributed by atoms with Crippen LogP contribution >= 0.6 is 0 Å². The summed E-state index contributed by atoms with van der Waals surface area (Å²) in [6.45, 7) is 4.42. The van der Waals surface area contributed by atoms with Crippen molar-refractivity contribution in [3.63, 3.8) is 0 Å². The van der Waals surface area contributed by atoms with E-state index < -0.39 is 0 Å². The minimum Gasteiger partial charge on any atom is -0.381 e. The Kier molecular flexibility index (Phi) is 4.30. The van der Waals surface area contributed by atoms with Gasteiger partial charge in [-0.25, -0.2) is 4.79 Å². The van der Waals surface area contributed by atoms with Gasteiger partial charge in [-0.2, -0.15) is 0 Å². The first kappa shape index (κ1) is 15.6. The number of rotatable bonds is 1. The molecule has 3 aliphatic heterocycles. The molecular weight excluding hydrogens is 282 g/mol. The SMILES string of the molecule is CN(C)C(=O)N1CC(C(=O)N2CCCC2)C2(CCOCC2)C1. The minimum absolute atomic E-state index is 0.0163. The molecule has 0 aromatic rings. The molecule has 3 aliphatic rings. The molecule has 0 radical (unpaired) electrons. The van der Waals surface area contributed by atoms with Crippen LogP contribution in [-0.4, -0.2) is 80.1 Å². The summed E-state index contributed by atoms with van der Waals surface area (Å²) >= 11 is 0. The lowest BCUT2D eigenvalue weighted by molar-refractivity contribution is -0.139. The van der Waals surface area contributed by atoms with Crippen LogP contribution in [0.15, 0.2) is 0 Å². The van der Waals surface area contributed by atoms with Crippen molar-refractivity contribution in [1.29, 1.82) is 0 Å². The van der Waals surface area contributed by atoms with Crippen molar-refractivity contribution in [2.24, 2.45) is 11.3 Å². The van der Waals surface area contributed by atoms with Crippen molar-refractivity contribution < 1.29 is 14.3 Å². The second-order valence-corrected chi connectivity index (χ2v) is 7.12. The van der Waals surface area contributed by atoms with E-state index in [4.69, 9.17) is 4.74 Å². The van der Waals surface area contributed by atoms with Crippen molar-refractivity contribution in [3.8, 4) is 0 Å². The fourth-order valence-electron chi connectivity index (χ4n) is 4.18. The van der Waals surface area contributed by atoms with Crippen LogP contribution in [0, 0.1) is 11.3 Å². The molecule has 0 aromatic carbocycles. The summed E-state index contributed by atoms with van der Waals surface area (Å²) in [6.07, 6.45) is 3.98. The predicted molar refractivity (Wildman–Crippen MR) is 82.4 cm³/mol. The zero-order valence-corrected chi connectivity index (χ0v) is 13.7. The molecule has 3 saturated heterocycles. The highest BCUT2D eigenvalue weighted by Gasteiger charge is 2.53. The van der Waals surface area contributed by atoms with Gasteiger partial charge in [0, 0.05) is 58.9 Å². The van der Waals surface area contributed by atoms with E-state index in [0.717, 1.165) is 38.8 Å². The van der Waals surface area contributed by atoms with E-state index >= 15 is 0 Å². The van der Waals surface area contributed by atoms with E-state index in [2.05, 4.69) is 0 Å². The Hall–Kier alpha value is -1.30. The number of ether oxygens (including phenoxy) is 1. The highest BCUT2D eigenvalue weighted by Crippen LogP contribution is 2.45. The largest absolute Gasteiger partial charge is 0.381 e. The molecule has 0 aromatic heterocycles. The standard InChI is InChI=1S/C16H27N3O3/c1-17(2)15(21)19-11-13(14(20)18-7-3-4-8-18)16(12-19)5-9-22-10-6-16/h13H,3-12H2,1-2H3. The second kappa shape index (κ2) is 6.07. The highest BCUT2D eigenvalue weighted by atomic mass is 16.5. The molecule has 3 rings (SSSR count). The monoisotopic (exact) mass is 309 g/mol. The number of carbonyl (C=O) groups is 2. The predicted octanol–water partition coefficient (Wildman–Crippen LogP) is 1.02. The van der Waals surface area contributed by atoms with Crippen LogP contribution < -0.4 is 0 Å². The summed E-state index contributed by atoms with van der Waals surface area (Å²) in [5.41, 5.74) is -0.0798. The molecule has 22 heavy (non-hydrogen) atoms. The molecule has 1 spiro atoms. The van der Waals surface area contributed by atoms with Gasteiger partial charge < -0.3 is 19.4 Å². The first-order valence-electron chi connectivity index (χ1n) is 8.36. The quantitative estimate of drug-likeness (QED) is 0.727. The number of hydrogen-bond donors (Lipinski definition) is 0. The van der Waals surface area contributed by atoms with Crippen LogP contribution in [0.4, 0.5) is 4.79 Å². The molecule has 0 bridgehead atoms. The molecule has 0 aliphatic carbocycles. The van der Waals surface area contributed by atoms with Crippen molar-refractivity contribution >= 4 is 11.9 Å². The van der Waals surface area contributed by atoms with Gasteiger partial charge in [0.15, 0.2) is 0 Å². The summed E-state index contributed by atoms with van der Waals surface area (Å²) in [7, 11) is 3.54. The van der Waals surface area contributed by atoms with Crippen LogP contribution in [0.5, 0.6) is 0 Å². The molecule has 1 unspecified atom stereocenters. The number of nitrogens with zero attached hydrogens (tertiary/aromatic N) is 3. The second-order valence-electron chi connectivity index (χ2n) is 7.12. The van der Waals surface area contributed by atoms with Crippen LogP contribution in [0.3, 0.4) is 0 Å². The Morgan fingerprint density at radius 3 is 2.32 bits per heavy atom. The summed E-state index contributed by atoms with van der Waals surface area (Å²) in [5, 5.41) is 0. The van der Waals surface area contributed by atoms with E-state index in [1.807, 2.05) is 9.80 Å². The zero-order valence-electron chi connectivity index (χ0n) is 13.7. The van der Waals surface area contributed by atoms with Crippen LogP contribution in [0.25, 0.3) is 0 Å². The van der Waals surface area contributed by atoms with Gasteiger partial charge >= 0.3 is 6.03 Å². The van der Waals surface area contributed by atoms with Crippen LogP contribution in [-0.2, 0) is 9.53 Å². The fraction of sp³-hybridized carbons (Fsp3) is 0.875. The topological polar surface area (TPSA) is 53.1 Å². The summed E-state index contributed by atoms with van der Waals surface area (Å²) in [4.78, 5) is 30.8. The molecular formula is C16H27N3O3. The smallest absolute Gasteiger partial charge is 0.319 e. The third kappa shape index (κ3) is 2.69. The van der Waals surface area contributed by atoms with Crippen LogP contribution in [0.1, 0.15) is 25.7 Å². The van der Waals surface area contributed by atoms with E-state index in [0.29, 0.717) is 26.3 Å². The Balaban J connectivity index is 1.80. The van der Waals surface area contributed by atoms with Gasteiger partial charge in [0.05, 0.1) is 5.92 Å². The first-order valence-corrected chi connectivity index (χ1v) is 8.36. The molecule has 3 amide bonds. The molecule has 1 atom stereocenters. The summed E-state index contributed by atoms with van der Waals surface area (Å²) in [5.74, 6) is 0.201. The lowest BCUT2D eigenvalue weighted by Crippen LogP contribution is -2.45. The maximum atomic E-state index is 13.0. The Morgan fingerprint density at radius 1 is 1.09 bits per heavy atom. The third-order valence-corrected chi connectivity index (χ3v) is 5.51. The number of hydrogen-bond acceptors (Lipinski definition) is 3. The molecule has 6 nitrogen and oxygen atoms in total. The maximum Gasteiger partial charge on any atom is 0.319 e. The summed E-state index contributed by atoms with van der Waals surface area (Å²) in [6, 6.07) is 0.0163. The van der Waals surface area contributed by atoms with Gasteiger partial charge in [0.2, 0.25) is 5.91 Å². The van der Waals surface area contributed by atoms with Gasteiger partial charge in [0.1, 0.15) is 0 Å². The highest BCUT2D eigenvalue weighted by molar-refractivity contribution is 5.83. The number of carbonyl (C=O) groups excluding carboxylic acids is 2. The minimum atomic E-state index is -0.0798. The van der Waals surface area contributed by atoms with Gasteiger partial charge in [-0.1, -0.05) is 0 Å². The van der Waals surface area contributed by atoms with Crippen molar-refractivity contribution in [2.45, 2.75) is 25.7 Å². The van der Waals surface area contributed by atoms with Crippen molar-refractivity contribution in [3.05, 3.63) is 0 Å². The van der Waals surface area contributed by atoms with Gasteiger partial charge in [-0.05, 0) is 25.7 Å². The van der Waals surface area contributed by atoms with Gasteiger partial charge in [0.25, 0.3) is 0 Å².